The van der Waals surface area contributed by atoms with Gasteiger partial charge in [-0.05, 0) is 6.07 Å². The average molecular weight is 188 g/mol. The molecule has 0 atom stereocenters. The van der Waals surface area contributed by atoms with Crippen molar-refractivity contribution in [2.45, 2.75) is 6.54 Å². The molecule has 0 bridgehead atoms. The molecule has 0 aliphatic carbocycles. The van der Waals surface area contributed by atoms with E-state index >= 15 is 0 Å². The second-order valence-electron chi connectivity index (χ2n) is 1.95. The van der Waals surface area contributed by atoms with Gasteiger partial charge in [-0.1, -0.05) is 12.8 Å². The standard InChI is InChI=1S/C6H8N2OS2/c7-2-5-1-4(3-11-5)6(9)8-10/h1,3,10H,2,7H2,(H,8,9). The van der Waals surface area contributed by atoms with E-state index in [1.54, 1.807) is 11.4 Å². The number of thiol groups is 1. The van der Waals surface area contributed by atoms with Gasteiger partial charge in [0.1, 0.15) is 0 Å². The SMILES string of the molecule is NCc1cc(C(=O)NS)cs1. The molecule has 60 valence electrons. The highest BCUT2D eigenvalue weighted by Crippen LogP contribution is 2.13. The van der Waals surface area contributed by atoms with Crippen molar-refractivity contribution in [1.82, 2.24) is 4.72 Å². The molecule has 0 saturated heterocycles. The lowest BCUT2D eigenvalue weighted by Gasteiger charge is -1.90. The number of thiophene rings is 1. The predicted octanol–water partition coefficient (Wildman–Crippen LogP) is 0.781. The van der Waals surface area contributed by atoms with Gasteiger partial charge >= 0.3 is 0 Å². The Morgan fingerprint density at radius 3 is 3.00 bits per heavy atom. The maximum atomic E-state index is 10.9. The van der Waals surface area contributed by atoms with Gasteiger partial charge in [-0.3, -0.25) is 9.52 Å². The van der Waals surface area contributed by atoms with Gasteiger partial charge in [0.2, 0.25) is 0 Å². The number of nitrogens with one attached hydrogen (secondary N) is 1. The average Bonchev–Trinajstić information content (AvgIpc) is 2.50. The van der Waals surface area contributed by atoms with Gasteiger partial charge in [0.25, 0.3) is 5.91 Å². The predicted molar refractivity (Wildman–Crippen MR) is 48.7 cm³/mol. The van der Waals surface area contributed by atoms with Crippen LogP contribution in [0, 0.1) is 0 Å². The van der Waals surface area contributed by atoms with Gasteiger partial charge in [0, 0.05) is 16.8 Å². The van der Waals surface area contributed by atoms with Crippen LogP contribution in [0.25, 0.3) is 0 Å². The van der Waals surface area contributed by atoms with Crippen molar-refractivity contribution in [2.75, 3.05) is 0 Å². The lowest BCUT2D eigenvalue weighted by molar-refractivity contribution is 0.0985. The lowest BCUT2D eigenvalue weighted by Crippen LogP contribution is -2.11. The van der Waals surface area contributed by atoms with Crippen molar-refractivity contribution in [2.24, 2.45) is 5.73 Å². The Hall–Kier alpha value is -0.520. The molecule has 0 saturated carbocycles. The van der Waals surface area contributed by atoms with Crippen LogP contribution in [-0.4, -0.2) is 5.91 Å². The van der Waals surface area contributed by atoms with E-state index in [1.807, 2.05) is 0 Å². The van der Waals surface area contributed by atoms with Crippen LogP contribution in [0.5, 0.6) is 0 Å². The van der Waals surface area contributed by atoms with Gasteiger partial charge in [-0.25, -0.2) is 0 Å². The summed E-state index contributed by atoms with van der Waals surface area (Å²) in [6, 6.07) is 1.76. The number of rotatable bonds is 2. The molecule has 11 heavy (non-hydrogen) atoms. The molecular weight excluding hydrogens is 180 g/mol. The summed E-state index contributed by atoms with van der Waals surface area (Å²) in [6.45, 7) is 0.477. The number of hydrogen-bond acceptors (Lipinski definition) is 4. The number of carbonyl (C=O) groups excluding carboxylic acids is 1. The Kier molecular flexibility index (Phi) is 2.92. The minimum atomic E-state index is -0.190. The maximum Gasteiger partial charge on any atom is 0.261 e. The monoisotopic (exact) mass is 188 g/mol. The maximum absolute atomic E-state index is 10.9. The Morgan fingerprint density at radius 2 is 2.55 bits per heavy atom. The Morgan fingerprint density at radius 1 is 1.82 bits per heavy atom. The zero-order chi connectivity index (χ0) is 8.27. The van der Waals surface area contributed by atoms with E-state index in [4.69, 9.17) is 5.73 Å². The summed E-state index contributed by atoms with van der Waals surface area (Å²) in [5.74, 6) is -0.190. The second-order valence-corrected chi connectivity index (χ2v) is 3.17. The molecule has 0 spiro atoms. The molecule has 1 aromatic heterocycles. The van der Waals surface area contributed by atoms with E-state index in [9.17, 15) is 4.79 Å². The fourth-order valence-corrected chi connectivity index (χ4v) is 1.55. The van der Waals surface area contributed by atoms with E-state index in [-0.39, 0.29) is 5.91 Å². The first kappa shape index (κ1) is 8.58. The smallest absolute Gasteiger partial charge is 0.261 e. The van der Waals surface area contributed by atoms with Crippen molar-refractivity contribution < 1.29 is 4.79 Å². The first-order chi connectivity index (χ1) is 5.27. The van der Waals surface area contributed by atoms with Crippen LogP contribution >= 0.6 is 24.2 Å². The third kappa shape index (κ3) is 1.95. The molecule has 1 heterocycles. The quantitative estimate of drug-likeness (QED) is 0.601. The van der Waals surface area contributed by atoms with E-state index in [0.29, 0.717) is 12.1 Å². The van der Waals surface area contributed by atoms with Crippen LogP contribution in [0.3, 0.4) is 0 Å². The molecule has 1 aromatic rings. The molecule has 0 aliphatic heterocycles. The first-order valence-electron chi connectivity index (χ1n) is 3.00. The van der Waals surface area contributed by atoms with Crippen LogP contribution < -0.4 is 10.5 Å². The molecule has 5 heteroatoms. The largest absolute Gasteiger partial charge is 0.326 e. The topological polar surface area (TPSA) is 55.1 Å². The fourth-order valence-electron chi connectivity index (χ4n) is 0.671. The zero-order valence-corrected chi connectivity index (χ0v) is 7.41. The molecule has 0 unspecified atom stereocenters. The molecule has 3 N–H and O–H groups in total. The van der Waals surface area contributed by atoms with Crippen molar-refractivity contribution in [3.63, 3.8) is 0 Å². The van der Waals surface area contributed by atoms with Gasteiger partial charge in [-0.2, -0.15) is 0 Å². The van der Waals surface area contributed by atoms with E-state index in [2.05, 4.69) is 17.5 Å². The second kappa shape index (κ2) is 3.75. The van der Waals surface area contributed by atoms with Crippen LogP contribution in [0.1, 0.15) is 15.2 Å². The van der Waals surface area contributed by atoms with Crippen molar-refractivity contribution >= 4 is 30.1 Å². The van der Waals surface area contributed by atoms with Gasteiger partial charge in [0.15, 0.2) is 0 Å². The number of hydrogen-bond donors (Lipinski definition) is 3. The van der Waals surface area contributed by atoms with E-state index < -0.39 is 0 Å². The van der Waals surface area contributed by atoms with Gasteiger partial charge in [-0.15, -0.1) is 11.3 Å². The summed E-state index contributed by atoms with van der Waals surface area (Å²) in [7, 11) is 0. The highest BCUT2D eigenvalue weighted by Gasteiger charge is 2.04. The molecule has 1 rings (SSSR count). The summed E-state index contributed by atoms with van der Waals surface area (Å²) in [5, 5.41) is 1.76. The van der Waals surface area contributed by atoms with Crippen LogP contribution in [-0.2, 0) is 6.54 Å². The van der Waals surface area contributed by atoms with Crippen molar-refractivity contribution in [3.05, 3.63) is 21.9 Å². The third-order valence-electron chi connectivity index (χ3n) is 1.22. The van der Waals surface area contributed by atoms with Gasteiger partial charge < -0.3 is 5.73 Å². The van der Waals surface area contributed by atoms with E-state index in [0.717, 1.165) is 4.88 Å². The Bertz CT molecular complexity index is 259. The minimum absolute atomic E-state index is 0.190. The number of amides is 1. The Balaban J connectivity index is 2.80. The lowest BCUT2D eigenvalue weighted by atomic mass is 10.3. The zero-order valence-electron chi connectivity index (χ0n) is 5.70. The minimum Gasteiger partial charge on any atom is -0.326 e. The fraction of sp³-hybridized carbons (Fsp3) is 0.167. The summed E-state index contributed by atoms with van der Waals surface area (Å²) >= 11 is 5.11. The highest BCUT2D eigenvalue weighted by molar-refractivity contribution is 7.78. The first-order valence-corrected chi connectivity index (χ1v) is 4.32. The number of carbonyl (C=O) groups is 1. The summed E-state index contributed by atoms with van der Waals surface area (Å²) in [5.41, 5.74) is 5.98. The van der Waals surface area contributed by atoms with Crippen LogP contribution in [0.15, 0.2) is 11.4 Å². The normalized spacial score (nSPS) is 9.64. The molecule has 0 fully saturated rings. The van der Waals surface area contributed by atoms with Crippen LogP contribution in [0.2, 0.25) is 0 Å². The third-order valence-corrected chi connectivity index (χ3v) is 2.38. The molecule has 1 amide bonds. The highest BCUT2D eigenvalue weighted by atomic mass is 32.1. The Labute approximate surface area is 74.1 Å². The summed E-state index contributed by atoms with van der Waals surface area (Å²) in [6.07, 6.45) is 0. The summed E-state index contributed by atoms with van der Waals surface area (Å²) in [4.78, 5) is 11.9. The van der Waals surface area contributed by atoms with Crippen molar-refractivity contribution in [3.8, 4) is 0 Å². The molecule has 0 radical (unpaired) electrons. The van der Waals surface area contributed by atoms with E-state index in [1.165, 1.54) is 11.3 Å². The summed E-state index contributed by atoms with van der Waals surface area (Å²) < 4.78 is 2.24. The van der Waals surface area contributed by atoms with Gasteiger partial charge in [0.05, 0.1) is 5.56 Å². The van der Waals surface area contributed by atoms with Crippen LogP contribution in [0.4, 0.5) is 0 Å². The van der Waals surface area contributed by atoms with Crippen molar-refractivity contribution in [1.29, 1.82) is 0 Å². The molecule has 0 aromatic carbocycles. The number of nitrogens with two attached hydrogens (primary N) is 1. The molecular formula is C6H8N2OS2. The molecule has 3 nitrogen and oxygen atoms in total. The molecule has 0 aliphatic rings.